The molecule has 0 saturated carbocycles. The van der Waals surface area contributed by atoms with Gasteiger partial charge in [0.2, 0.25) is 0 Å². The van der Waals surface area contributed by atoms with Gasteiger partial charge in [0.1, 0.15) is 0 Å². The average Bonchev–Trinajstić information content (AvgIpc) is 3.21. The maximum Gasteiger partial charge on any atom is 0.322 e. The van der Waals surface area contributed by atoms with Gasteiger partial charge in [-0.2, -0.15) is 0 Å². The number of aromatic nitrogens is 1. The topological polar surface area (TPSA) is 37.3 Å². The lowest BCUT2D eigenvalue weighted by molar-refractivity contribution is 0.194. The maximum atomic E-state index is 13.8. The lowest BCUT2D eigenvalue weighted by Crippen LogP contribution is -2.38. The fourth-order valence-electron chi connectivity index (χ4n) is 4.60. The van der Waals surface area contributed by atoms with Crippen molar-refractivity contribution in [3.63, 3.8) is 0 Å². The van der Waals surface area contributed by atoms with Gasteiger partial charge in [0, 0.05) is 17.6 Å². The van der Waals surface area contributed by atoms with E-state index in [0.717, 1.165) is 39.3 Å². The molecule has 3 aromatic carbocycles. The number of rotatable bonds is 2. The summed E-state index contributed by atoms with van der Waals surface area (Å²) in [7, 11) is 0. The summed E-state index contributed by atoms with van der Waals surface area (Å²) in [4.78, 5) is 15.8. The van der Waals surface area contributed by atoms with Crippen molar-refractivity contribution in [1.29, 1.82) is 0 Å². The number of nitrogens with one attached hydrogen (secondary N) is 1. The van der Waals surface area contributed by atoms with E-state index in [0.29, 0.717) is 6.54 Å². The Labute approximate surface area is 189 Å². The lowest BCUT2D eigenvalue weighted by Gasteiger charge is -2.31. The molecule has 0 bridgehead atoms. The molecule has 0 fully saturated rings. The molecule has 1 N–H and O–H groups in total. The molecule has 1 aliphatic rings. The van der Waals surface area contributed by atoms with Crippen LogP contribution in [-0.4, -0.2) is 15.5 Å². The molecule has 5 rings (SSSR count). The Bertz CT molecular complexity index is 1300. The van der Waals surface area contributed by atoms with Crippen molar-refractivity contribution < 1.29 is 4.79 Å². The normalized spacial score (nSPS) is 15.0. The molecule has 0 aliphatic carbocycles. The minimum atomic E-state index is -0.206. The molecular formula is C28H27N3O. The first kappa shape index (κ1) is 20.1. The van der Waals surface area contributed by atoms with Crippen LogP contribution in [0.1, 0.15) is 39.6 Å². The third-order valence-corrected chi connectivity index (χ3v) is 6.43. The number of benzene rings is 3. The van der Waals surface area contributed by atoms with E-state index >= 15 is 0 Å². The summed E-state index contributed by atoms with van der Waals surface area (Å²) in [6, 6.07) is 26.7. The molecule has 4 heteroatoms. The van der Waals surface area contributed by atoms with Crippen molar-refractivity contribution in [3.05, 3.63) is 119 Å². The first-order valence-corrected chi connectivity index (χ1v) is 11.0. The molecular weight excluding hydrogens is 394 g/mol. The summed E-state index contributed by atoms with van der Waals surface area (Å²) in [6.45, 7) is 6.73. The Morgan fingerprint density at radius 1 is 0.906 bits per heavy atom. The van der Waals surface area contributed by atoms with Crippen molar-refractivity contribution in [2.75, 3.05) is 5.32 Å². The lowest BCUT2D eigenvalue weighted by atomic mass is 10.00. The number of carbonyl (C=O) groups is 1. The number of fused-ring (bicyclic) bond motifs is 3. The molecule has 1 atom stereocenters. The van der Waals surface area contributed by atoms with Crippen molar-refractivity contribution in [1.82, 2.24) is 9.47 Å². The molecule has 0 saturated heterocycles. The van der Waals surface area contributed by atoms with Crippen LogP contribution in [-0.2, 0) is 6.54 Å². The summed E-state index contributed by atoms with van der Waals surface area (Å²) < 4.78 is 2.22. The fraction of sp³-hybridized carbons (Fsp3) is 0.179. The van der Waals surface area contributed by atoms with E-state index in [1.807, 2.05) is 30.0 Å². The zero-order valence-corrected chi connectivity index (χ0v) is 18.7. The van der Waals surface area contributed by atoms with Crippen LogP contribution < -0.4 is 5.32 Å². The minimum Gasteiger partial charge on any atom is -0.318 e. The SMILES string of the molecule is Cc1cccc([C@@H]2c3cccn3-c3ccccc3CN2C(=O)Nc2cccc(C)c2C)c1. The first-order valence-electron chi connectivity index (χ1n) is 11.0. The molecule has 0 radical (unpaired) electrons. The standard InChI is InChI=1S/C28H27N3O/c1-19-9-6-12-22(17-19)27-26-15-8-16-30(26)25-14-5-4-11-23(25)18-31(27)28(32)29-24-13-7-10-20(2)21(24)3/h4-17,27H,18H2,1-3H3,(H,29,32)/t27-/m1/s1. The smallest absolute Gasteiger partial charge is 0.318 e. The Hall–Kier alpha value is -3.79. The predicted octanol–water partition coefficient (Wildman–Crippen LogP) is 6.54. The van der Waals surface area contributed by atoms with Crippen LogP contribution in [0, 0.1) is 20.8 Å². The Morgan fingerprint density at radius 3 is 2.56 bits per heavy atom. The van der Waals surface area contributed by atoms with Crippen LogP contribution in [0.3, 0.4) is 0 Å². The van der Waals surface area contributed by atoms with Gasteiger partial charge in [-0.3, -0.25) is 0 Å². The Morgan fingerprint density at radius 2 is 1.72 bits per heavy atom. The number of aryl methyl sites for hydroxylation is 2. The fourth-order valence-corrected chi connectivity index (χ4v) is 4.60. The van der Waals surface area contributed by atoms with Crippen LogP contribution in [0.4, 0.5) is 10.5 Å². The monoisotopic (exact) mass is 421 g/mol. The van der Waals surface area contributed by atoms with Gasteiger partial charge in [-0.25, -0.2) is 4.79 Å². The van der Waals surface area contributed by atoms with E-state index in [-0.39, 0.29) is 12.1 Å². The highest BCUT2D eigenvalue weighted by atomic mass is 16.2. The third kappa shape index (κ3) is 3.48. The molecule has 160 valence electrons. The van der Waals surface area contributed by atoms with Gasteiger partial charge in [-0.05, 0) is 67.3 Å². The second-order valence-corrected chi connectivity index (χ2v) is 8.55. The molecule has 32 heavy (non-hydrogen) atoms. The number of hydrogen-bond donors (Lipinski definition) is 1. The van der Waals surface area contributed by atoms with Gasteiger partial charge in [-0.1, -0.05) is 60.2 Å². The summed E-state index contributed by atoms with van der Waals surface area (Å²) in [5, 5.41) is 3.19. The highest BCUT2D eigenvalue weighted by Gasteiger charge is 2.33. The molecule has 2 heterocycles. The zero-order valence-electron chi connectivity index (χ0n) is 18.7. The molecule has 0 unspecified atom stereocenters. The molecule has 1 aromatic heterocycles. The number of urea groups is 1. The van der Waals surface area contributed by atoms with Gasteiger partial charge in [0.25, 0.3) is 0 Å². The average molecular weight is 422 g/mol. The van der Waals surface area contributed by atoms with Crippen LogP contribution in [0.5, 0.6) is 0 Å². The molecule has 0 spiro atoms. The van der Waals surface area contributed by atoms with Crippen molar-refractivity contribution in [3.8, 4) is 5.69 Å². The van der Waals surface area contributed by atoms with E-state index in [4.69, 9.17) is 0 Å². The summed E-state index contributed by atoms with van der Waals surface area (Å²) in [6.07, 6.45) is 2.09. The molecule has 1 aliphatic heterocycles. The Kier molecular flexibility index (Phi) is 5.06. The summed E-state index contributed by atoms with van der Waals surface area (Å²) in [5.74, 6) is 0. The van der Waals surface area contributed by atoms with Crippen molar-refractivity contribution in [2.24, 2.45) is 0 Å². The second kappa shape index (κ2) is 8.04. The van der Waals surface area contributed by atoms with Crippen LogP contribution in [0.15, 0.2) is 85.1 Å². The van der Waals surface area contributed by atoms with Crippen molar-refractivity contribution in [2.45, 2.75) is 33.4 Å². The van der Waals surface area contributed by atoms with E-state index in [9.17, 15) is 4.79 Å². The number of anilines is 1. The largest absolute Gasteiger partial charge is 0.322 e. The number of nitrogens with zero attached hydrogens (tertiary/aromatic N) is 2. The van der Waals surface area contributed by atoms with E-state index in [1.54, 1.807) is 0 Å². The number of para-hydroxylation sites is 1. The molecule has 4 aromatic rings. The van der Waals surface area contributed by atoms with Gasteiger partial charge in [-0.15, -0.1) is 0 Å². The van der Waals surface area contributed by atoms with Crippen molar-refractivity contribution >= 4 is 11.7 Å². The van der Waals surface area contributed by atoms with Crippen LogP contribution >= 0.6 is 0 Å². The zero-order chi connectivity index (χ0) is 22.2. The third-order valence-electron chi connectivity index (χ3n) is 6.43. The quantitative estimate of drug-likeness (QED) is 0.392. The summed E-state index contributed by atoms with van der Waals surface area (Å²) >= 11 is 0. The highest BCUT2D eigenvalue weighted by Crippen LogP contribution is 2.37. The van der Waals surface area contributed by atoms with E-state index in [2.05, 4.69) is 90.6 Å². The first-order chi connectivity index (χ1) is 15.5. The van der Waals surface area contributed by atoms with E-state index < -0.39 is 0 Å². The van der Waals surface area contributed by atoms with E-state index in [1.165, 1.54) is 5.56 Å². The van der Waals surface area contributed by atoms with Gasteiger partial charge in [0.05, 0.1) is 18.3 Å². The number of carbonyl (C=O) groups excluding carboxylic acids is 1. The highest BCUT2D eigenvalue weighted by molar-refractivity contribution is 5.91. The maximum absolute atomic E-state index is 13.8. The summed E-state index contributed by atoms with van der Waals surface area (Å²) in [5.41, 5.74) is 8.71. The second-order valence-electron chi connectivity index (χ2n) is 8.55. The van der Waals surface area contributed by atoms with Crippen LogP contribution in [0.25, 0.3) is 5.69 Å². The number of amides is 2. The number of hydrogen-bond acceptors (Lipinski definition) is 1. The molecule has 2 amide bonds. The van der Waals surface area contributed by atoms with Gasteiger partial charge < -0.3 is 14.8 Å². The molecule has 4 nitrogen and oxygen atoms in total. The van der Waals surface area contributed by atoms with Gasteiger partial charge in [0.15, 0.2) is 0 Å². The van der Waals surface area contributed by atoms with Gasteiger partial charge >= 0.3 is 6.03 Å². The minimum absolute atomic E-state index is 0.102. The predicted molar refractivity (Wildman–Crippen MR) is 129 cm³/mol. The van der Waals surface area contributed by atoms with Crippen LogP contribution in [0.2, 0.25) is 0 Å². The Balaban J connectivity index is 1.65.